The molecule has 106 valence electrons. The number of carbonyl (C=O) groups is 1. The van der Waals surface area contributed by atoms with Gasteiger partial charge in [-0.2, -0.15) is 0 Å². The number of hydrogen-bond acceptors (Lipinski definition) is 5. The standard InChI is InChI=1S/C14H14BrNO3S/c1-4-19-14(17)12-8(2)16-13(20-12)10-7-9(18-3)5-6-11(10)15/h5-7H,4H2,1-3H3. The van der Waals surface area contributed by atoms with E-state index >= 15 is 0 Å². The van der Waals surface area contributed by atoms with E-state index in [0.717, 1.165) is 20.8 Å². The maximum Gasteiger partial charge on any atom is 0.350 e. The third-order valence-electron chi connectivity index (χ3n) is 2.66. The number of hydrogen-bond donors (Lipinski definition) is 0. The van der Waals surface area contributed by atoms with Crippen LogP contribution in [0.25, 0.3) is 10.6 Å². The minimum atomic E-state index is -0.326. The highest BCUT2D eigenvalue weighted by atomic mass is 79.9. The van der Waals surface area contributed by atoms with Crippen LogP contribution in [0.4, 0.5) is 0 Å². The lowest BCUT2D eigenvalue weighted by Gasteiger charge is -2.04. The van der Waals surface area contributed by atoms with Crippen LogP contribution >= 0.6 is 27.3 Å². The van der Waals surface area contributed by atoms with Gasteiger partial charge in [0.15, 0.2) is 0 Å². The quantitative estimate of drug-likeness (QED) is 0.775. The lowest BCUT2D eigenvalue weighted by atomic mass is 10.2. The molecule has 2 rings (SSSR count). The first-order valence-electron chi connectivity index (χ1n) is 6.05. The van der Waals surface area contributed by atoms with Crippen LogP contribution in [0.2, 0.25) is 0 Å². The molecule has 0 fully saturated rings. The van der Waals surface area contributed by atoms with E-state index in [1.165, 1.54) is 11.3 Å². The predicted octanol–water partition coefficient (Wildman–Crippen LogP) is 4.07. The molecule has 0 aliphatic rings. The molecule has 4 nitrogen and oxygen atoms in total. The van der Waals surface area contributed by atoms with Crippen LogP contribution < -0.4 is 4.74 Å². The molecule has 2 aromatic rings. The number of carbonyl (C=O) groups excluding carboxylic acids is 1. The van der Waals surface area contributed by atoms with E-state index < -0.39 is 0 Å². The van der Waals surface area contributed by atoms with E-state index in [1.807, 2.05) is 18.2 Å². The molecule has 1 aromatic heterocycles. The molecule has 6 heteroatoms. The summed E-state index contributed by atoms with van der Waals surface area (Å²) in [6.45, 7) is 3.95. The van der Waals surface area contributed by atoms with Gasteiger partial charge in [0.25, 0.3) is 0 Å². The number of esters is 1. The van der Waals surface area contributed by atoms with Gasteiger partial charge in [0, 0.05) is 10.0 Å². The summed E-state index contributed by atoms with van der Waals surface area (Å²) in [6.07, 6.45) is 0. The molecule has 0 spiro atoms. The van der Waals surface area contributed by atoms with Crippen molar-refractivity contribution in [3.8, 4) is 16.3 Å². The Bertz CT molecular complexity index is 639. The van der Waals surface area contributed by atoms with Gasteiger partial charge in [0.05, 0.1) is 19.4 Å². The number of aryl methyl sites for hydroxylation is 1. The highest BCUT2D eigenvalue weighted by Gasteiger charge is 2.18. The summed E-state index contributed by atoms with van der Waals surface area (Å²) in [5, 5.41) is 0.760. The van der Waals surface area contributed by atoms with Crippen molar-refractivity contribution in [2.24, 2.45) is 0 Å². The van der Waals surface area contributed by atoms with E-state index in [9.17, 15) is 4.79 Å². The van der Waals surface area contributed by atoms with Gasteiger partial charge in [-0.15, -0.1) is 11.3 Å². The van der Waals surface area contributed by atoms with Gasteiger partial charge >= 0.3 is 5.97 Å². The average molecular weight is 356 g/mol. The topological polar surface area (TPSA) is 48.4 Å². The molecular formula is C14H14BrNO3S. The van der Waals surface area contributed by atoms with Gasteiger partial charge in [0.1, 0.15) is 15.6 Å². The van der Waals surface area contributed by atoms with E-state index in [2.05, 4.69) is 20.9 Å². The zero-order valence-corrected chi connectivity index (χ0v) is 13.8. The number of methoxy groups -OCH3 is 1. The molecule has 1 heterocycles. The van der Waals surface area contributed by atoms with Crippen molar-refractivity contribution in [1.82, 2.24) is 4.98 Å². The van der Waals surface area contributed by atoms with Crippen LogP contribution in [0.3, 0.4) is 0 Å². The molecule has 20 heavy (non-hydrogen) atoms. The summed E-state index contributed by atoms with van der Waals surface area (Å²) < 4.78 is 11.2. The fraction of sp³-hybridized carbons (Fsp3) is 0.286. The smallest absolute Gasteiger partial charge is 0.350 e. The van der Waals surface area contributed by atoms with Crippen molar-refractivity contribution in [3.05, 3.63) is 33.2 Å². The number of ether oxygens (including phenoxy) is 2. The maximum atomic E-state index is 11.8. The van der Waals surface area contributed by atoms with E-state index in [4.69, 9.17) is 9.47 Å². The Morgan fingerprint density at radius 2 is 2.20 bits per heavy atom. The van der Waals surface area contributed by atoms with E-state index in [1.54, 1.807) is 21.0 Å². The minimum absolute atomic E-state index is 0.326. The number of aromatic nitrogens is 1. The third-order valence-corrected chi connectivity index (χ3v) is 4.52. The highest BCUT2D eigenvalue weighted by Crippen LogP contribution is 2.35. The molecule has 0 N–H and O–H groups in total. The largest absolute Gasteiger partial charge is 0.497 e. The zero-order valence-electron chi connectivity index (χ0n) is 11.4. The number of halogens is 1. The minimum Gasteiger partial charge on any atom is -0.497 e. The van der Waals surface area contributed by atoms with Gasteiger partial charge in [-0.3, -0.25) is 0 Å². The van der Waals surface area contributed by atoms with Crippen molar-refractivity contribution in [3.63, 3.8) is 0 Å². The molecule has 0 bridgehead atoms. The summed E-state index contributed by atoms with van der Waals surface area (Å²) in [4.78, 5) is 16.8. The second-order valence-electron chi connectivity index (χ2n) is 4.00. The Balaban J connectivity index is 2.44. The molecule has 0 atom stereocenters. The molecule has 0 aliphatic heterocycles. The lowest BCUT2D eigenvalue weighted by molar-refractivity contribution is 0.0531. The monoisotopic (exact) mass is 355 g/mol. The third kappa shape index (κ3) is 3.02. The predicted molar refractivity (Wildman–Crippen MR) is 82.5 cm³/mol. The first-order chi connectivity index (χ1) is 9.56. The molecule has 0 saturated carbocycles. The first kappa shape index (κ1) is 15.0. The lowest BCUT2D eigenvalue weighted by Crippen LogP contribution is -2.03. The molecule has 1 aromatic carbocycles. The van der Waals surface area contributed by atoms with Crippen LogP contribution in [-0.2, 0) is 4.74 Å². The second-order valence-corrected chi connectivity index (χ2v) is 5.85. The molecular weight excluding hydrogens is 342 g/mol. The van der Waals surface area contributed by atoms with Crippen molar-refractivity contribution in [2.45, 2.75) is 13.8 Å². The van der Waals surface area contributed by atoms with Crippen LogP contribution in [-0.4, -0.2) is 24.7 Å². The van der Waals surface area contributed by atoms with Gasteiger partial charge in [-0.25, -0.2) is 9.78 Å². The fourth-order valence-corrected chi connectivity index (χ4v) is 3.25. The number of benzene rings is 1. The van der Waals surface area contributed by atoms with E-state index in [0.29, 0.717) is 17.2 Å². The van der Waals surface area contributed by atoms with Crippen molar-refractivity contribution < 1.29 is 14.3 Å². The molecule has 0 amide bonds. The van der Waals surface area contributed by atoms with Gasteiger partial charge in [-0.05, 0) is 32.0 Å². The van der Waals surface area contributed by atoms with Crippen LogP contribution in [0.1, 0.15) is 22.3 Å². The van der Waals surface area contributed by atoms with Crippen molar-refractivity contribution in [2.75, 3.05) is 13.7 Å². The molecule has 0 radical (unpaired) electrons. The fourth-order valence-electron chi connectivity index (χ4n) is 1.69. The van der Waals surface area contributed by atoms with Crippen LogP contribution in [0, 0.1) is 6.92 Å². The van der Waals surface area contributed by atoms with Crippen molar-refractivity contribution in [1.29, 1.82) is 0 Å². The Labute approximate surface area is 129 Å². The first-order valence-corrected chi connectivity index (χ1v) is 7.66. The summed E-state index contributed by atoms with van der Waals surface area (Å²) in [6, 6.07) is 5.65. The van der Waals surface area contributed by atoms with Gasteiger partial charge in [-0.1, -0.05) is 15.9 Å². The molecule has 0 unspecified atom stereocenters. The molecule has 0 saturated heterocycles. The SMILES string of the molecule is CCOC(=O)c1sc(-c2cc(OC)ccc2Br)nc1C. The summed E-state index contributed by atoms with van der Waals surface area (Å²) in [7, 11) is 1.62. The Kier molecular flexibility index (Phi) is 4.77. The zero-order chi connectivity index (χ0) is 14.7. The average Bonchev–Trinajstić information content (AvgIpc) is 2.81. The summed E-state index contributed by atoms with van der Waals surface area (Å²) in [5.41, 5.74) is 1.58. The van der Waals surface area contributed by atoms with Crippen molar-refractivity contribution >= 4 is 33.2 Å². The maximum absolute atomic E-state index is 11.8. The number of thiazole rings is 1. The van der Waals surface area contributed by atoms with Gasteiger partial charge in [0.2, 0.25) is 0 Å². The Hall–Kier alpha value is -1.40. The summed E-state index contributed by atoms with van der Waals surface area (Å²) in [5.74, 6) is 0.418. The van der Waals surface area contributed by atoms with Crippen LogP contribution in [0.15, 0.2) is 22.7 Å². The summed E-state index contributed by atoms with van der Waals surface area (Å²) >= 11 is 4.82. The highest BCUT2D eigenvalue weighted by molar-refractivity contribution is 9.10. The van der Waals surface area contributed by atoms with Crippen LogP contribution in [0.5, 0.6) is 5.75 Å². The number of rotatable bonds is 4. The normalized spacial score (nSPS) is 10.4. The van der Waals surface area contributed by atoms with E-state index in [-0.39, 0.29) is 5.97 Å². The number of nitrogens with zero attached hydrogens (tertiary/aromatic N) is 1. The van der Waals surface area contributed by atoms with Gasteiger partial charge < -0.3 is 9.47 Å². The molecule has 0 aliphatic carbocycles. The Morgan fingerprint density at radius 1 is 1.45 bits per heavy atom. The Morgan fingerprint density at radius 3 is 2.85 bits per heavy atom. The second kappa shape index (κ2) is 6.37.